The number of nitrogens with two attached hydrogens (primary N) is 2. The van der Waals surface area contributed by atoms with Crippen LogP contribution in [0.25, 0.3) is 0 Å². The van der Waals surface area contributed by atoms with Gasteiger partial charge in [0.1, 0.15) is 11.7 Å². The Bertz CT molecular complexity index is 679. The average Bonchev–Trinajstić information content (AvgIpc) is 2.68. The Labute approximate surface area is 178 Å². The summed E-state index contributed by atoms with van der Waals surface area (Å²) in [7, 11) is 0. The molecule has 9 heteroatoms. The van der Waals surface area contributed by atoms with Crippen LogP contribution in [-0.4, -0.2) is 36.1 Å². The van der Waals surface area contributed by atoms with Crippen molar-refractivity contribution in [1.82, 2.24) is 10.9 Å². The SMILES string of the molecule is CC(C)CC(C/C(N)=N/NN)C(=O)O.Cc1ccc(COC2CCNCC2)c(F)c1. The Morgan fingerprint density at radius 1 is 1.40 bits per heavy atom. The first-order valence-corrected chi connectivity index (χ1v) is 10.3. The number of hydrazine groups is 1. The first kappa shape index (κ1) is 25.8. The van der Waals surface area contributed by atoms with E-state index < -0.39 is 11.9 Å². The quantitative estimate of drug-likeness (QED) is 0.177. The number of carboxylic acids is 1. The van der Waals surface area contributed by atoms with Crippen molar-refractivity contribution in [2.75, 3.05) is 13.1 Å². The summed E-state index contributed by atoms with van der Waals surface area (Å²) in [5.74, 6) is 3.94. The van der Waals surface area contributed by atoms with Gasteiger partial charge in [0.15, 0.2) is 0 Å². The average molecular weight is 426 g/mol. The number of nitrogens with zero attached hydrogens (tertiary/aromatic N) is 1. The molecule has 170 valence electrons. The first-order valence-electron chi connectivity index (χ1n) is 10.3. The monoisotopic (exact) mass is 425 g/mol. The highest BCUT2D eigenvalue weighted by molar-refractivity contribution is 5.84. The molecule has 1 heterocycles. The first-order chi connectivity index (χ1) is 14.2. The molecule has 0 amide bonds. The third kappa shape index (κ3) is 10.5. The predicted molar refractivity (Wildman–Crippen MR) is 116 cm³/mol. The second-order valence-corrected chi connectivity index (χ2v) is 7.96. The number of hydrogen-bond donors (Lipinski definition) is 5. The molecular formula is C21H36FN5O3. The molecule has 1 unspecified atom stereocenters. The summed E-state index contributed by atoms with van der Waals surface area (Å²) in [6.45, 7) is 8.20. The van der Waals surface area contributed by atoms with Gasteiger partial charge in [-0.25, -0.2) is 15.8 Å². The smallest absolute Gasteiger partial charge is 0.306 e. The van der Waals surface area contributed by atoms with Gasteiger partial charge in [0.2, 0.25) is 0 Å². The number of hydrogen-bond acceptors (Lipinski definition) is 6. The lowest BCUT2D eigenvalue weighted by Crippen LogP contribution is -2.32. The van der Waals surface area contributed by atoms with Crippen LogP contribution in [0.5, 0.6) is 0 Å². The molecule has 1 aromatic carbocycles. The van der Waals surface area contributed by atoms with Gasteiger partial charge in [0.25, 0.3) is 0 Å². The third-order valence-electron chi connectivity index (χ3n) is 4.74. The van der Waals surface area contributed by atoms with Gasteiger partial charge in [-0.1, -0.05) is 26.0 Å². The summed E-state index contributed by atoms with van der Waals surface area (Å²) >= 11 is 0. The molecule has 1 fully saturated rings. The van der Waals surface area contributed by atoms with Gasteiger partial charge in [-0.15, -0.1) is 0 Å². The van der Waals surface area contributed by atoms with E-state index in [0.29, 0.717) is 24.5 Å². The molecule has 30 heavy (non-hydrogen) atoms. The zero-order chi connectivity index (χ0) is 22.5. The van der Waals surface area contributed by atoms with Crippen molar-refractivity contribution in [3.05, 3.63) is 35.1 Å². The Morgan fingerprint density at radius 2 is 2.07 bits per heavy atom. The van der Waals surface area contributed by atoms with E-state index in [4.69, 9.17) is 21.4 Å². The molecule has 1 aliphatic rings. The van der Waals surface area contributed by atoms with E-state index in [2.05, 4.69) is 10.4 Å². The molecule has 0 saturated carbocycles. The molecule has 0 aromatic heterocycles. The summed E-state index contributed by atoms with van der Waals surface area (Å²) in [4.78, 5) is 10.8. The lowest BCUT2D eigenvalue weighted by Gasteiger charge is -2.23. The van der Waals surface area contributed by atoms with Crippen LogP contribution >= 0.6 is 0 Å². The van der Waals surface area contributed by atoms with Gasteiger partial charge in [-0.2, -0.15) is 5.10 Å². The highest BCUT2D eigenvalue weighted by Crippen LogP contribution is 2.16. The predicted octanol–water partition coefficient (Wildman–Crippen LogP) is 2.26. The second kappa shape index (κ2) is 13.9. The number of benzene rings is 1. The van der Waals surface area contributed by atoms with Crippen molar-refractivity contribution in [2.24, 2.45) is 28.5 Å². The second-order valence-electron chi connectivity index (χ2n) is 7.96. The number of rotatable bonds is 9. The minimum Gasteiger partial charge on any atom is -0.481 e. The van der Waals surface area contributed by atoms with Gasteiger partial charge in [-0.3, -0.25) is 4.79 Å². The number of aryl methyl sites for hydroxylation is 1. The van der Waals surface area contributed by atoms with Crippen LogP contribution in [-0.2, 0) is 16.1 Å². The zero-order valence-electron chi connectivity index (χ0n) is 18.2. The van der Waals surface area contributed by atoms with Gasteiger partial charge in [-0.05, 0) is 56.8 Å². The van der Waals surface area contributed by atoms with Crippen LogP contribution in [0.3, 0.4) is 0 Å². The Balaban J connectivity index is 0.000000304. The largest absolute Gasteiger partial charge is 0.481 e. The summed E-state index contributed by atoms with van der Waals surface area (Å²) in [6, 6.07) is 5.29. The van der Waals surface area contributed by atoms with Crippen molar-refractivity contribution in [1.29, 1.82) is 0 Å². The Kier molecular flexibility index (Phi) is 12.0. The molecule has 0 bridgehead atoms. The van der Waals surface area contributed by atoms with Crippen molar-refractivity contribution >= 4 is 11.8 Å². The van der Waals surface area contributed by atoms with E-state index in [1.165, 1.54) is 0 Å². The number of aliphatic carboxylic acids is 1. The van der Waals surface area contributed by atoms with E-state index >= 15 is 0 Å². The minimum atomic E-state index is -0.853. The van der Waals surface area contributed by atoms with E-state index in [9.17, 15) is 9.18 Å². The van der Waals surface area contributed by atoms with Gasteiger partial charge >= 0.3 is 5.97 Å². The van der Waals surface area contributed by atoms with Crippen LogP contribution in [0.1, 0.15) is 50.7 Å². The number of hydrazone groups is 1. The Morgan fingerprint density at radius 3 is 2.60 bits per heavy atom. The number of carbonyl (C=O) groups is 1. The lowest BCUT2D eigenvalue weighted by atomic mass is 9.94. The number of ether oxygens (including phenoxy) is 1. The fourth-order valence-electron chi connectivity index (χ4n) is 3.16. The molecular weight excluding hydrogens is 389 g/mol. The van der Waals surface area contributed by atoms with Crippen molar-refractivity contribution in [3.63, 3.8) is 0 Å². The molecule has 1 aromatic rings. The molecule has 2 rings (SSSR count). The van der Waals surface area contributed by atoms with E-state index in [-0.39, 0.29) is 24.2 Å². The highest BCUT2D eigenvalue weighted by Gasteiger charge is 2.20. The summed E-state index contributed by atoms with van der Waals surface area (Å²) in [6.07, 6.45) is 3.12. The van der Waals surface area contributed by atoms with Crippen LogP contribution in [0, 0.1) is 24.6 Å². The number of piperidine rings is 1. The normalized spacial score (nSPS) is 16.0. The zero-order valence-corrected chi connectivity index (χ0v) is 18.2. The van der Waals surface area contributed by atoms with Crippen LogP contribution in [0.15, 0.2) is 23.3 Å². The molecule has 8 nitrogen and oxygen atoms in total. The van der Waals surface area contributed by atoms with Crippen molar-refractivity contribution < 1.29 is 19.0 Å². The van der Waals surface area contributed by atoms with Gasteiger partial charge in [0.05, 0.1) is 18.6 Å². The number of halogens is 1. The third-order valence-corrected chi connectivity index (χ3v) is 4.74. The van der Waals surface area contributed by atoms with Crippen LogP contribution < -0.4 is 22.4 Å². The summed E-state index contributed by atoms with van der Waals surface area (Å²) in [5, 5.41) is 15.7. The number of nitrogens with one attached hydrogen (secondary N) is 2. The molecule has 1 aliphatic heterocycles. The van der Waals surface area contributed by atoms with Gasteiger partial charge < -0.3 is 20.9 Å². The standard InChI is InChI=1S/C13H18FNO.C8H18N4O2/c1-10-2-3-11(13(14)8-10)9-16-12-4-6-15-7-5-12;1-5(2)3-6(8(13)14)4-7(9)11-12-10/h2-3,8,12,15H,4-7,9H2,1H3;5-6,12H,3-4,10H2,1-2H3,(H2,9,11)(H,13,14). The number of carboxylic acid groups (broad SMARTS) is 1. The fraction of sp³-hybridized carbons (Fsp3) is 0.619. The molecule has 1 atom stereocenters. The van der Waals surface area contributed by atoms with E-state index in [0.717, 1.165) is 31.5 Å². The minimum absolute atomic E-state index is 0.158. The molecule has 0 radical (unpaired) electrons. The fourth-order valence-corrected chi connectivity index (χ4v) is 3.16. The summed E-state index contributed by atoms with van der Waals surface area (Å²) in [5.41, 5.74) is 9.08. The van der Waals surface area contributed by atoms with Crippen molar-refractivity contribution in [2.45, 2.75) is 59.2 Å². The van der Waals surface area contributed by atoms with Crippen LogP contribution in [0.2, 0.25) is 0 Å². The lowest BCUT2D eigenvalue weighted by molar-refractivity contribution is -0.142. The molecule has 7 N–H and O–H groups in total. The maximum Gasteiger partial charge on any atom is 0.306 e. The van der Waals surface area contributed by atoms with E-state index in [1.54, 1.807) is 6.07 Å². The van der Waals surface area contributed by atoms with Crippen molar-refractivity contribution in [3.8, 4) is 0 Å². The molecule has 0 aliphatic carbocycles. The summed E-state index contributed by atoms with van der Waals surface area (Å²) < 4.78 is 19.2. The maximum absolute atomic E-state index is 13.5. The Hall–Kier alpha value is -2.23. The topological polar surface area (TPSA) is 135 Å². The van der Waals surface area contributed by atoms with E-state index in [1.807, 2.05) is 38.4 Å². The maximum atomic E-state index is 13.5. The molecule has 0 spiro atoms. The van der Waals surface area contributed by atoms with Crippen LogP contribution in [0.4, 0.5) is 4.39 Å². The highest BCUT2D eigenvalue weighted by atomic mass is 19.1. The molecule has 1 saturated heterocycles. The van der Waals surface area contributed by atoms with Gasteiger partial charge in [0, 0.05) is 12.0 Å². The number of amidine groups is 1.